The minimum atomic E-state index is -0.210. The van der Waals surface area contributed by atoms with E-state index in [0.717, 1.165) is 36.3 Å². The van der Waals surface area contributed by atoms with Gasteiger partial charge < -0.3 is 15.5 Å². The van der Waals surface area contributed by atoms with Crippen molar-refractivity contribution >= 4 is 35.2 Å². The van der Waals surface area contributed by atoms with Gasteiger partial charge in [-0.05, 0) is 36.6 Å². The summed E-state index contributed by atoms with van der Waals surface area (Å²) < 4.78 is 0. The number of rotatable bonds is 7. The van der Waals surface area contributed by atoms with E-state index in [-0.39, 0.29) is 35.6 Å². The highest BCUT2D eigenvalue weighted by Gasteiger charge is 2.29. The van der Waals surface area contributed by atoms with Crippen molar-refractivity contribution in [1.82, 2.24) is 10.6 Å². The predicted octanol–water partition coefficient (Wildman–Crippen LogP) is 1.48. The minimum absolute atomic E-state index is 0.0126. The Morgan fingerprint density at radius 2 is 2.15 bits per heavy atom. The molecule has 1 aromatic carbocycles. The molecule has 1 saturated heterocycles. The zero-order valence-electron chi connectivity index (χ0n) is 15.0. The summed E-state index contributed by atoms with van der Waals surface area (Å²) in [6, 6.07) is 7.45. The lowest BCUT2D eigenvalue weighted by Crippen LogP contribution is -2.48. The Kier molecular flexibility index (Phi) is 6.19. The highest BCUT2D eigenvalue weighted by Crippen LogP contribution is 2.28. The number of anilines is 1. The molecule has 2 heterocycles. The summed E-state index contributed by atoms with van der Waals surface area (Å²) in [5.41, 5.74) is 1.77. The number of hydrogen-bond acceptors (Lipinski definition) is 4. The first-order chi connectivity index (χ1) is 12.6. The van der Waals surface area contributed by atoms with Crippen LogP contribution in [-0.2, 0) is 20.8 Å². The van der Waals surface area contributed by atoms with Crippen LogP contribution in [-0.4, -0.2) is 47.9 Å². The van der Waals surface area contributed by atoms with Crippen molar-refractivity contribution in [1.29, 1.82) is 0 Å². The molecule has 3 amide bonds. The number of hydrogen-bond donors (Lipinski definition) is 2. The van der Waals surface area contributed by atoms with Crippen molar-refractivity contribution in [3.8, 4) is 0 Å². The van der Waals surface area contributed by atoms with Crippen LogP contribution in [0.3, 0.4) is 0 Å². The van der Waals surface area contributed by atoms with E-state index in [1.165, 1.54) is 4.90 Å². The van der Waals surface area contributed by atoms with Gasteiger partial charge in [0.2, 0.25) is 17.7 Å². The van der Waals surface area contributed by atoms with E-state index >= 15 is 0 Å². The molecule has 0 bridgehead atoms. The normalized spacial score (nSPS) is 20.0. The largest absolute Gasteiger partial charge is 0.352 e. The fourth-order valence-electron chi connectivity index (χ4n) is 3.30. The van der Waals surface area contributed by atoms with Crippen molar-refractivity contribution in [3.63, 3.8) is 0 Å². The Balaban J connectivity index is 1.48. The van der Waals surface area contributed by atoms with Crippen molar-refractivity contribution in [2.75, 3.05) is 23.7 Å². The van der Waals surface area contributed by atoms with Gasteiger partial charge in [-0.2, -0.15) is 0 Å². The van der Waals surface area contributed by atoms with Crippen molar-refractivity contribution in [2.24, 2.45) is 0 Å². The molecule has 2 atom stereocenters. The summed E-state index contributed by atoms with van der Waals surface area (Å²) in [4.78, 5) is 38.2. The third-order valence-electron chi connectivity index (χ3n) is 4.83. The van der Waals surface area contributed by atoms with Gasteiger partial charge >= 0.3 is 0 Å². The second-order valence-electron chi connectivity index (χ2n) is 6.70. The van der Waals surface area contributed by atoms with Gasteiger partial charge in [-0.1, -0.05) is 25.1 Å². The smallest absolute Gasteiger partial charge is 0.240 e. The van der Waals surface area contributed by atoms with Gasteiger partial charge in [0.1, 0.15) is 6.54 Å². The molecule has 2 aliphatic heterocycles. The van der Waals surface area contributed by atoms with Gasteiger partial charge in [-0.15, -0.1) is 11.8 Å². The zero-order chi connectivity index (χ0) is 18.5. The van der Waals surface area contributed by atoms with Crippen molar-refractivity contribution < 1.29 is 14.4 Å². The number of nitrogens with zero attached hydrogens (tertiary/aromatic N) is 1. The third kappa shape index (κ3) is 4.38. The summed E-state index contributed by atoms with van der Waals surface area (Å²) in [6.07, 6.45) is 3.10. The molecule has 2 N–H and O–H groups in total. The highest BCUT2D eigenvalue weighted by molar-refractivity contribution is 8.00. The molecule has 0 aromatic heterocycles. The lowest BCUT2D eigenvalue weighted by Gasteiger charge is -2.21. The van der Waals surface area contributed by atoms with E-state index in [0.29, 0.717) is 13.0 Å². The van der Waals surface area contributed by atoms with Crippen molar-refractivity contribution in [3.05, 3.63) is 29.8 Å². The standard InChI is InChI=1S/C19H25N3O3S/c1-2-14(21-19(25)16-8-5-9-26-16)11-20-17(23)12-22-15-7-4-3-6-13(15)10-18(22)24/h3-4,6-7,14,16H,2,5,8-12H2,1H3,(H,20,23)(H,21,25)/t14-,16?/m1/s1. The van der Waals surface area contributed by atoms with Gasteiger partial charge in [0, 0.05) is 18.3 Å². The number of benzene rings is 1. The maximum Gasteiger partial charge on any atom is 0.240 e. The molecule has 7 heteroatoms. The molecule has 0 saturated carbocycles. The van der Waals surface area contributed by atoms with E-state index in [1.54, 1.807) is 11.8 Å². The second kappa shape index (κ2) is 8.58. The molecule has 0 spiro atoms. The maximum absolute atomic E-state index is 12.3. The number of fused-ring (bicyclic) bond motifs is 1. The number of thioether (sulfide) groups is 1. The fraction of sp³-hybridized carbons (Fsp3) is 0.526. The van der Waals surface area contributed by atoms with Gasteiger partial charge in [-0.3, -0.25) is 14.4 Å². The lowest BCUT2D eigenvalue weighted by molar-refractivity contribution is -0.124. The van der Waals surface area contributed by atoms with Crippen LogP contribution in [0.1, 0.15) is 31.7 Å². The summed E-state index contributed by atoms with van der Waals surface area (Å²) in [6.45, 7) is 2.37. The number of carbonyl (C=O) groups is 3. The van der Waals surface area contributed by atoms with Crippen LogP contribution in [0.4, 0.5) is 5.69 Å². The second-order valence-corrected chi connectivity index (χ2v) is 8.02. The third-order valence-corrected chi connectivity index (χ3v) is 6.21. The van der Waals surface area contributed by atoms with E-state index in [1.807, 2.05) is 31.2 Å². The molecule has 1 unspecified atom stereocenters. The van der Waals surface area contributed by atoms with E-state index < -0.39 is 0 Å². The molecule has 140 valence electrons. The Morgan fingerprint density at radius 1 is 1.35 bits per heavy atom. The van der Waals surface area contributed by atoms with Crippen LogP contribution in [0.5, 0.6) is 0 Å². The van der Waals surface area contributed by atoms with Crippen LogP contribution in [0.15, 0.2) is 24.3 Å². The zero-order valence-corrected chi connectivity index (χ0v) is 15.8. The maximum atomic E-state index is 12.3. The Hall–Kier alpha value is -2.02. The number of nitrogens with one attached hydrogen (secondary N) is 2. The quantitative estimate of drug-likeness (QED) is 0.757. The number of para-hydroxylation sites is 1. The molecule has 6 nitrogen and oxygen atoms in total. The van der Waals surface area contributed by atoms with Crippen LogP contribution in [0, 0.1) is 0 Å². The van der Waals surface area contributed by atoms with Crippen molar-refractivity contribution in [2.45, 2.75) is 43.9 Å². The van der Waals surface area contributed by atoms with E-state index in [9.17, 15) is 14.4 Å². The molecular weight excluding hydrogens is 350 g/mol. The van der Waals surface area contributed by atoms with Crippen LogP contribution in [0.25, 0.3) is 0 Å². The first kappa shape index (κ1) is 18.8. The molecular formula is C19H25N3O3S. The summed E-state index contributed by atoms with van der Waals surface area (Å²) >= 11 is 1.70. The molecule has 3 rings (SSSR count). The molecule has 26 heavy (non-hydrogen) atoms. The number of carbonyl (C=O) groups excluding carboxylic acids is 3. The average Bonchev–Trinajstić information content (AvgIpc) is 3.27. The van der Waals surface area contributed by atoms with E-state index in [2.05, 4.69) is 10.6 Å². The van der Waals surface area contributed by atoms with Gasteiger partial charge in [0.05, 0.1) is 11.7 Å². The molecule has 2 aliphatic rings. The first-order valence-electron chi connectivity index (χ1n) is 9.15. The average molecular weight is 375 g/mol. The lowest BCUT2D eigenvalue weighted by atomic mass is 10.2. The SMILES string of the molecule is CC[C@H](CNC(=O)CN1C(=O)Cc2ccccc21)NC(=O)C1CCCS1. The monoisotopic (exact) mass is 375 g/mol. The Morgan fingerprint density at radius 3 is 2.88 bits per heavy atom. The van der Waals surface area contributed by atoms with Crippen LogP contribution < -0.4 is 15.5 Å². The summed E-state index contributed by atoms with van der Waals surface area (Å²) in [5, 5.41) is 5.92. The van der Waals surface area contributed by atoms with Gasteiger partial charge in [0.15, 0.2) is 0 Å². The Labute approximate surface area is 158 Å². The molecule has 0 radical (unpaired) electrons. The molecule has 1 aromatic rings. The molecule has 1 fully saturated rings. The fourth-order valence-corrected chi connectivity index (χ4v) is 4.47. The molecule has 0 aliphatic carbocycles. The number of amides is 3. The van der Waals surface area contributed by atoms with Gasteiger partial charge in [-0.25, -0.2) is 0 Å². The Bertz CT molecular complexity index is 688. The van der Waals surface area contributed by atoms with Gasteiger partial charge in [0.25, 0.3) is 0 Å². The van der Waals surface area contributed by atoms with E-state index in [4.69, 9.17) is 0 Å². The summed E-state index contributed by atoms with van der Waals surface area (Å²) in [7, 11) is 0. The topological polar surface area (TPSA) is 78.5 Å². The highest BCUT2D eigenvalue weighted by atomic mass is 32.2. The minimum Gasteiger partial charge on any atom is -0.352 e. The van der Waals surface area contributed by atoms with Crippen LogP contribution >= 0.6 is 11.8 Å². The first-order valence-corrected chi connectivity index (χ1v) is 10.2. The summed E-state index contributed by atoms with van der Waals surface area (Å²) in [5.74, 6) is 0.840. The predicted molar refractivity (Wildman–Crippen MR) is 103 cm³/mol. The van der Waals surface area contributed by atoms with Crippen LogP contribution in [0.2, 0.25) is 0 Å².